The number of aryl methyl sites for hydroxylation is 1. The number of rotatable bonds is 9. The Labute approximate surface area is 158 Å². The Bertz CT molecular complexity index is 627. The van der Waals surface area contributed by atoms with Gasteiger partial charge in [-0.05, 0) is 50.5 Å². The topological polar surface area (TPSA) is 21.7 Å². The normalized spacial score (nSPS) is 11.7. The second-order valence-electron chi connectivity index (χ2n) is 6.07. The lowest BCUT2D eigenvalue weighted by Gasteiger charge is -2.29. The van der Waals surface area contributed by atoms with E-state index in [4.69, 9.17) is 9.47 Å². The maximum Gasteiger partial charge on any atom is 0.169 e. The minimum absolute atomic E-state index is 0. The van der Waals surface area contributed by atoms with Crippen LogP contribution in [-0.2, 0) is 0 Å². The van der Waals surface area contributed by atoms with Crippen LogP contribution in [0, 0.1) is 6.92 Å². The van der Waals surface area contributed by atoms with E-state index in [0.29, 0.717) is 0 Å². The highest BCUT2D eigenvalue weighted by Crippen LogP contribution is 2.33. The number of hydrogen-bond donors (Lipinski definition) is 0. The molecule has 0 N–H and O–H groups in total. The Hall–Kier alpha value is -1.71. The van der Waals surface area contributed by atoms with Crippen molar-refractivity contribution < 1.29 is 9.47 Å². The summed E-state index contributed by atoms with van der Waals surface area (Å²) in [6, 6.07) is 15.9. The van der Waals surface area contributed by atoms with Gasteiger partial charge in [-0.3, -0.25) is 4.90 Å². The first-order chi connectivity index (χ1) is 11.7. The molecule has 4 heteroatoms. The van der Waals surface area contributed by atoms with Crippen molar-refractivity contribution in [3.05, 3.63) is 54.1 Å². The molecular formula is C21H30ClNO2. The van der Waals surface area contributed by atoms with Crippen LogP contribution >= 0.6 is 12.4 Å². The predicted molar refractivity (Wildman–Crippen MR) is 107 cm³/mol. The van der Waals surface area contributed by atoms with Gasteiger partial charge in [-0.15, -0.1) is 12.4 Å². The third-order valence-corrected chi connectivity index (χ3v) is 4.00. The highest BCUT2D eigenvalue weighted by atomic mass is 35.5. The molecular weight excluding hydrogens is 334 g/mol. The molecule has 3 nitrogen and oxygen atoms in total. The minimum atomic E-state index is 0. The molecule has 2 aromatic rings. The summed E-state index contributed by atoms with van der Waals surface area (Å²) >= 11 is 0. The van der Waals surface area contributed by atoms with Crippen LogP contribution in [0.2, 0.25) is 0 Å². The summed E-state index contributed by atoms with van der Waals surface area (Å²) in [6.45, 7) is 10.6. The molecule has 0 aromatic heterocycles. The van der Waals surface area contributed by atoms with Crippen LogP contribution in [0.15, 0.2) is 48.5 Å². The molecule has 0 radical (unpaired) electrons. The second kappa shape index (κ2) is 11.0. The summed E-state index contributed by atoms with van der Waals surface area (Å²) in [7, 11) is 0. The monoisotopic (exact) mass is 363 g/mol. The Kier molecular flexibility index (Phi) is 9.40. The van der Waals surface area contributed by atoms with Crippen molar-refractivity contribution in [2.75, 3.05) is 13.1 Å². The van der Waals surface area contributed by atoms with Gasteiger partial charge >= 0.3 is 0 Å². The third-order valence-electron chi connectivity index (χ3n) is 4.00. The van der Waals surface area contributed by atoms with E-state index in [-0.39, 0.29) is 18.6 Å². The fraction of sp³-hybridized carbons (Fsp3) is 0.429. The zero-order valence-electron chi connectivity index (χ0n) is 15.7. The van der Waals surface area contributed by atoms with Gasteiger partial charge in [0.2, 0.25) is 0 Å². The van der Waals surface area contributed by atoms with Gasteiger partial charge in [0.25, 0.3) is 0 Å². The summed E-state index contributed by atoms with van der Waals surface area (Å²) in [5, 5.41) is 0. The van der Waals surface area contributed by atoms with Crippen molar-refractivity contribution in [3.63, 3.8) is 0 Å². The number of hydrogen-bond acceptors (Lipinski definition) is 3. The van der Waals surface area contributed by atoms with Crippen molar-refractivity contribution in [2.45, 2.75) is 46.8 Å². The molecule has 0 fully saturated rings. The van der Waals surface area contributed by atoms with Gasteiger partial charge < -0.3 is 9.47 Å². The van der Waals surface area contributed by atoms with E-state index < -0.39 is 0 Å². The largest absolute Gasteiger partial charge is 0.472 e. The minimum Gasteiger partial charge on any atom is -0.472 e. The van der Waals surface area contributed by atoms with Crippen molar-refractivity contribution >= 4 is 12.4 Å². The number of halogens is 1. The molecule has 1 unspecified atom stereocenters. The molecule has 2 aromatic carbocycles. The number of benzene rings is 2. The van der Waals surface area contributed by atoms with E-state index in [2.05, 4.69) is 25.7 Å². The molecule has 0 aliphatic heterocycles. The molecule has 0 bridgehead atoms. The molecule has 0 aliphatic carbocycles. The molecule has 1 atom stereocenters. The van der Waals surface area contributed by atoms with Gasteiger partial charge in [0.1, 0.15) is 12.0 Å². The lowest BCUT2D eigenvalue weighted by Crippen LogP contribution is -2.38. The molecule has 0 saturated heterocycles. The molecule has 0 spiro atoms. The fourth-order valence-corrected chi connectivity index (χ4v) is 2.73. The van der Waals surface area contributed by atoms with Gasteiger partial charge in [0.15, 0.2) is 11.5 Å². The molecule has 2 rings (SSSR count). The summed E-state index contributed by atoms with van der Waals surface area (Å²) in [4.78, 5) is 2.37. The smallest absolute Gasteiger partial charge is 0.169 e. The average Bonchev–Trinajstić information content (AvgIpc) is 2.58. The SMILES string of the molecule is CCCN(CCC)C(C)Oc1ccccc1Oc1ccccc1C.Cl. The highest BCUT2D eigenvalue weighted by molar-refractivity contribution is 5.85. The maximum atomic E-state index is 6.23. The van der Waals surface area contributed by atoms with Crippen molar-refractivity contribution in [1.29, 1.82) is 0 Å². The van der Waals surface area contributed by atoms with Gasteiger partial charge in [-0.1, -0.05) is 44.2 Å². The van der Waals surface area contributed by atoms with Crippen LogP contribution in [0.5, 0.6) is 17.2 Å². The zero-order valence-corrected chi connectivity index (χ0v) is 16.5. The van der Waals surface area contributed by atoms with E-state index in [1.807, 2.05) is 55.5 Å². The lowest BCUT2D eigenvalue weighted by atomic mass is 10.2. The Morgan fingerprint density at radius 3 is 1.92 bits per heavy atom. The summed E-state index contributed by atoms with van der Waals surface area (Å²) in [5.41, 5.74) is 1.11. The molecule has 0 aliphatic rings. The third kappa shape index (κ3) is 6.26. The van der Waals surface area contributed by atoms with E-state index in [1.165, 1.54) is 0 Å². The van der Waals surface area contributed by atoms with Crippen LogP contribution in [0.4, 0.5) is 0 Å². The van der Waals surface area contributed by atoms with Gasteiger partial charge in [-0.25, -0.2) is 0 Å². The van der Waals surface area contributed by atoms with E-state index >= 15 is 0 Å². The maximum absolute atomic E-state index is 6.23. The van der Waals surface area contributed by atoms with Crippen LogP contribution < -0.4 is 9.47 Å². The average molecular weight is 364 g/mol. The van der Waals surface area contributed by atoms with Gasteiger partial charge in [0, 0.05) is 13.1 Å². The van der Waals surface area contributed by atoms with Crippen molar-refractivity contribution in [1.82, 2.24) is 4.90 Å². The molecule has 0 amide bonds. The fourth-order valence-electron chi connectivity index (χ4n) is 2.73. The first-order valence-corrected chi connectivity index (χ1v) is 8.88. The number of para-hydroxylation sites is 3. The van der Waals surface area contributed by atoms with Crippen LogP contribution in [0.3, 0.4) is 0 Å². The Morgan fingerprint density at radius 2 is 1.36 bits per heavy atom. The first kappa shape index (κ1) is 21.3. The highest BCUT2D eigenvalue weighted by Gasteiger charge is 2.16. The molecule has 138 valence electrons. The summed E-state index contributed by atoms with van der Waals surface area (Å²) in [6.07, 6.45) is 2.26. The van der Waals surface area contributed by atoms with Crippen molar-refractivity contribution in [3.8, 4) is 17.2 Å². The van der Waals surface area contributed by atoms with Gasteiger partial charge in [-0.2, -0.15) is 0 Å². The zero-order chi connectivity index (χ0) is 17.4. The van der Waals surface area contributed by atoms with E-state index in [9.17, 15) is 0 Å². The van der Waals surface area contributed by atoms with Crippen LogP contribution in [0.1, 0.15) is 39.2 Å². The standard InChI is InChI=1S/C21H29NO2.ClH/c1-5-15-22(16-6-2)18(4)23-20-13-9-10-14-21(20)24-19-12-8-7-11-17(19)3;/h7-14,18H,5-6,15-16H2,1-4H3;1H. The first-order valence-electron chi connectivity index (χ1n) is 8.88. The van der Waals surface area contributed by atoms with Gasteiger partial charge in [0.05, 0.1) is 0 Å². The molecule has 25 heavy (non-hydrogen) atoms. The second-order valence-corrected chi connectivity index (χ2v) is 6.07. The van der Waals surface area contributed by atoms with Crippen LogP contribution in [0.25, 0.3) is 0 Å². The van der Waals surface area contributed by atoms with Crippen LogP contribution in [-0.4, -0.2) is 24.2 Å². The quantitative estimate of drug-likeness (QED) is 0.506. The molecule has 0 heterocycles. The molecule has 0 saturated carbocycles. The van der Waals surface area contributed by atoms with Crippen molar-refractivity contribution in [2.24, 2.45) is 0 Å². The van der Waals surface area contributed by atoms with E-state index in [0.717, 1.165) is 48.7 Å². The Balaban J connectivity index is 0.00000312. The van der Waals surface area contributed by atoms with E-state index in [1.54, 1.807) is 0 Å². The summed E-state index contributed by atoms with van der Waals surface area (Å²) < 4.78 is 12.3. The lowest BCUT2D eigenvalue weighted by molar-refractivity contribution is 0.0380. The Morgan fingerprint density at radius 1 is 0.840 bits per heavy atom. The number of ether oxygens (including phenoxy) is 2. The number of nitrogens with zero attached hydrogens (tertiary/aromatic N) is 1. The summed E-state index contributed by atoms with van der Waals surface area (Å²) in [5.74, 6) is 2.40. The predicted octanol–water partition coefficient (Wildman–Crippen LogP) is 6.06.